The summed E-state index contributed by atoms with van der Waals surface area (Å²) in [4.78, 5) is 35.1. The number of carbonyl (C=O) groups is 3. The molecule has 0 aliphatic carbocycles. The molecular weight excluding hydrogens is 236 g/mol. The van der Waals surface area contributed by atoms with Crippen molar-refractivity contribution in [2.45, 2.75) is 12.5 Å². The summed E-state index contributed by atoms with van der Waals surface area (Å²) < 4.78 is 0. The summed E-state index contributed by atoms with van der Waals surface area (Å²) in [5, 5.41) is 11.2. The number of carbonyl (C=O) groups excluding carboxylic acids is 2. The van der Waals surface area contributed by atoms with Crippen molar-refractivity contribution in [3.8, 4) is 0 Å². The van der Waals surface area contributed by atoms with Crippen LogP contribution in [0.25, 0.3) is 0 Å². The average Bonchev–Trinajstić information content (AvgIpc) is 2.55. The Bertz CT molecular complexity index is 514. The number of aliphatic carboxylic acids is 1. The second-order valence-corrected chi connectivity index (χ2v) is 4.21. The molecule has 0 unspecified atom stereocenters. The van der Waals surface area contributed by atoms with Crippen molar-refractivity contribution < 1.29 is 19.5 Å². The molecule has 94 valence electrons. The number of benzene rings is 1. The first kappa shape index (κ1) is 12.1. The van der Waals surface area contributed by atoms with Crippen LogP contribution in [-0.2, 0) is 15.1 Å². The Kier molecular flexibility index (Phi) is 2.78. The maximum Gasteiger partial charge on any atom is 0.325 e. The summed E-state index contributed by atoms with van der Waals surface area (Å²) in [6.07, 6.45) is 0. The number of amides is 3. The van der Waals surface area contributed by atoms with Crippen LogP contribution >= 0.6 is 0 Å². The highest BCUT2D eigenvalue weighted by molar-refractivity contribution is 6.08. The van der Waals surface area contributed by atoms with Gasteiger partial charge in [-0.2, -0.15) is 0 Å². The Morgan fingerprint density at radius 3 is 2.50 bits per heavy atom. The molecule has 1 aliphatic heterocycles. The van der Waals surface area contributed by atoms with E-state index in [0.29, 0.717) is 10.5 Å². The van der Waals surface area contributed by atoms with Gasteiger partial charge in [0.2, 0.25) is 0 Å². The van der Waals surface area contributed by atoms with E-state index in [0.717, 1.165) is 0 Å². The van der Waals surface area contributed by atoms with Crippen molar-refractivity contribution in [2.75, 3.05) is 6.54 Å². The number of nitrogens with one attached hydrogen (secondary N) is 1. The van der Waals surface area contributed by atoms with Gasteiger partial charge in [-0.3, -0.25) is 14.5 Å². The van der Waals surface area contributed by atoms with Gasteiger partial charge in [-0.05, 0) is 12.5 Å². The Morgan fingerprint density at radius 2 is 1.94 bits per heavy atom. The predicted molar refractivity (Wildman–Crippen MR) is 61.7 cm³/mol. The van der Waals surface area contributed by atoms with Crippen molar-refractivity contribution in [1.82, 2.24) is 10.2 Å². The lowest BCUT2D eigenvalue weighted by atomic mass is 9.92. The highest BCUT2D eigenvalue weighted by atomic mass is 16.4. The van der Waals surface area contributed by atoms with Gasteiger partial charge in [0.1, 0.15) is 12.1 Å². The third-order valence-corrected chi connectivity index (χ3v) is 2.92. The van der Waals surface area contributed by atoms with E-state index in [9.17, 15) is 14.4 Å². The molecule has 0 bridgehead atoms. The summed E-state index contributed by atoms with van der Waals surface area (Å²) in [7, 11) is 0. The Hall–Kier alpha value is -2.37. The molecule has 1 aromatic rings. The van der Waals surface area contributed by atoms with Gasteiger partial charge in [0, 0.05) is 0 Å². The van der Waals surface area contributed by atoms with Gasteiger partial charge in [-0.25, -0.2) is 4.79 Å². The maximum absolute atomic E-state index is 12.2. The van der Waals surface area contributed by atoms with Crippen molar-refractivity contribution >= 4 is 17.9 Å². The van der Waals surface area contributed by atoms with Crippen LogP contribution in [-0.4, -0.2) is 34.5 Å². The lowest BCUT2D eigenvalue weighted by Crippen LogP contribution is -2.41. The summed E-state index contributed by atoms with van der Waals surface area (Å²) in [5.74, 6) is -1.78. The molecule has 1 aliphatic rings. The van der Waals surface area contributed by atoms with Gasteiger partial charge in [-0.1, -0.05) is 30.3 Å². The van der Waals surface area contributed by atoms with Crippen LogP contribution in [0.3, 0.4) is 0 Å². The van der Waals surface area contributed by atoms with E-state index in [2.05, 4.69) is 5.32 Å². The largest absolute Gasteiger partial charge is 0.480 e. The molecule has 6 heteroatoms. The Morgan fingerprint density at radius 1 is 1.33 bits per heavy atom. The van der Waals surface area contributed by atoms with Crippen LogP contribution in [0.15, 0.2) is 30.3 Å². The fourth-order valence-corrected chi connectivity index (χ4v) is 1.94. The molecule has 1 saturated heterocycles. The SMILES string of the molecule is C[C@@]1(c2ccccc2)NC(=O)N(CC(=O)O)C1=O. The van der Waals surface area contributed by atoms with E-state index >= 15 is 0 Å². The van der Waals surface area contributed by atoms with Crippen molar-refractivity contribution in [3.63, 3.8) is 0 Å². The van der Waals surface area contributed by atoms with Crippen LogP contribution in [0.5, 0.6) is 0 Å². The number of imide groups is 1. The quantitative estimate of drug-likeness (QED) is 0.764. The van der Waals surface area contributed by atoms with E-state index in [-0.39, 0.29) is 0 Å². The van der Waals surface area contributed by atoms with Gasteiger partial charge in [0.25, 0.3) is 5.91 Å². The topological polar surface area (TPSA) is 86.7 Å². The van der Waals surface area contributed by atoms with E-state index in [1.165, 1.54) is 0 Å². The number of carboxylic acid groups (broad SMARTS) is 1. The highest BCUT2D eigenvalue weighted by Crippen LogP contribution is 2.28. The van der Waals surface area contributed by atoms with E-state index < -0.39 is 30.0 Å². The molecule has 0 radical (unpaired) electrons. The first-order chi connectivity index (χ1) is 8.45. The summed E-state index contributed by atoms with van der Waals surface area (Å²) in [5.41, 5.74) is -0.579. The molecule has 6 nitrogen and oxygen atoms in total. The lowest BCUT2D eigenvalue weighted by Gasteiger charge is -2.21. The van der Waals surface area contributed by atoms with Crippen molar-refractivity contribution in [3.05, 3.63) is 35.9 Å². The smallest absolute Gasteiger partial charge is 0.325 e. The second kappa shape index (κ2) is 4.14. The van der Waals surface area contributed by atoms with Gasteiger partial charge in [0.15, 0.2) is 0 Å². The van der Waals surface area contributed by atoms with Gasteiger partial charge >= 0.3 is 12.0 Å². The maximum atomic E-state index is 12.2. The number of hydrogen-bond donors (Lipinski definition) is 2. The van der Waals surface area contributed by atoms with Crippen LogP contribution in [0.4, 0.5) is 4.79 Å². The normalized spacial score (nSPS) is 23.1. The first-order valence-corrected chi connectivity index (χ1v) is 5.36. The molecule has 0 saturated carbocycles. The van der Waals surface area contributed by atoms with Crippen molar-refractivity contribution in [2.24, 2.45) is 0 Å². The first-order valence-electron chi connectivity index (χ1n) is 5.36. The minimum atomic E-state index is -1.23. The van der Waals surface area contributed by atoms with E-state index in [4.69, 9.17) is 5.11 Å². The number of nitrogens with zero attached hydrogens (tertiary/aromatic N) is 1. The summed E-state index contributed by atoms with van der Waals surface area (Å²) in [6, 6.07) is 8.03. The standard InChI is InChI=1S/C12H12N2O4/c1-12(8-5-3-2-4-6-8)10(17)14(7-9(15)16)11(18)13-12/h2-6H,7H2,1H3,(H,13,18)(H,15,16)/t12-/m0/s1. The zero-order chi connectivity index (χ0) is 13.3. The summed E-state index contributed by atoms with van der Waals surface area (Å²) >= 11 is 0. The van der Waals surface area contributed by atoms with E-state index in [1.54, 1.807) is 37.3 Å². The van der Waals surface area contributed by atoms with Crippen LogP contribution in [0.2, 0.25) is 0 Å². The molecule has 0 aromatic heterocycles. The molecule has 3 amide bonds. The van der Waals surface area contributed by atoms with Gasteiger partial charge < -0.3 is 10.4 Å². The molecule has 0 spiro atoms. The zero-order valence-corrected chi connectivity index (χ0v) is 9.71. The minimum absolute atomic E-state index is 0.555. The monoisotopic (exact) mass is 248 g/mol. The zero-order valence-electron chi connectivity index (χ0n) is 9.71. The van der Waals surface area contributed by atoms with Crippen LogP contribution < -0.4 is 5.32 Å². The fraction of sp³-hybridized carbons (Fsp3) is 0.250. The van der Waals surface area contributed by atoms with Gasteiger partial charge in [0.05, 0.1) is 0 Å². The fourth-order valence-electron chi connectivity index (χ4n) is 1.94. The Labute approximate surface area is 103 Å². The minimum Gasteiger partial charge on any atom is -0.480 e. The van der Waals surface area contributed by atoms with Crippen molar-refractivity contribution in [1.29, 1.82) is 0 Å². The third-order valence-electron chi connectivity index (χ3n) is 2.92. The molecule has 18 heavy (non-hydrogen) atoms. The molecular formula is C12H12N2O4. The lowest BCUT2D eigenvalue weighted by molar-refractivity contribution is -0.142. The number of hydrogen-bond acceptors (Lipinski definition) is 3. The number of rotatable bonds is 3. The molecule has 2 rings (SSSR count). The van der Waals surface area contributed by atoms with Crippen LogP contribution in [0.1, 0.15) is 12.5 Å². The summed E-state index contributed by atoms with van der Waals surface area (Å²) in [6.45, 7) is 0.928. The number of urea groups is 1. The number of carboxylic acids is 1. The van der Waals surface area contributed by atoms with Crippen LogP contribution in [0, 0.1) is 0 Å². The van der Waals surface area contributed by atoms with E-state index in [1.807, 2.05) is 0 Å². The Balaban J connectivity index is 2.35. The highest BCUT2D eigenvalue weighted by Gasteiger charge is 2.49. The molecule has 1 atom stereocenters. The third kappa shape index (κ3) is 1.81. The van der Waals surface area contributed by atoms with Gasteiger partial charge in [-0.15, -0.1) is 0 Å². The molecule has 1 aromatic carbocycles. The average molecular weight is 248 g/mol. The predicted octanol–water partition coefficient (Wildman–Crippen LogP) is 0.538. The molecule has 1 heterocycles. The molecule has 2 N–H and O–H groups in total. The molecule has 1 fully saturated rings. The second-order valence-electron chi connectivity index (χ2n) is 4.21.